The van der Waals surface area contributed by atoms with Gasteiger partial charge in [-0.1, -0.05) is 0 Å². The zero-order valence-electron chi connectivity index (χ0n) is 7.28. The van der Waals surface area contributed by atoms with E-state index in [0.717, 1.165) is 0 Å². The third-order valence-electron chi connectivity index (χ3n) is 1.35. The smallest absolute Gasteiger partial charge is 0.236 e. The van der Waals surface area contributed by atoms with Gasteiger partial charge in [-0.15, -0.1) is 0 Å². The van der Waals surface area contributed by atoms with Crippen molar-refractivity contribution in [2.45, 2.75) is 12.8 Å². The predicted octanol–water partition coefficient (Wildman–Crippen LogP) is -0.156. The van der Waals surface area contributed by atoms with Crippen LogP contribution in [0.25, 0.3) is 0 Å². The second-order valence-electron chi connectivity index (χ2n) is 2.89. The first-order chi connectivity index (χ1) is 5.97. The van der Waals surface area contributed by atoms with Crippen LogP contribution in [-0.2, 0) is 0 Å². The summed E-state index contributed by atoms with van der Waals surface area (Å²) in [6.07, 6.45) is 0. The Morgan fingerprint density at radius 2 is 1.77 bits per heavy atom. The van der Waals surface area contributed by atoms with E-state index in [2.05, 4.69) is 10.9 Å². The number of rotatable bonds is 3. The molecule has 0 saturated carbocycles. The minimum Gasteiger partial charge on any atom is -0.399 e. The number of hydrogen-bond acceptors (Lipinski definition) is 5. The van der Waals surface area contributed by atoms with Gasteiger partial charge in [-0.2, -0.15) is 5.43 Å². The summed E-state index contributed by atoms with van der Waals surface area (Å²) in [6, 6.07) is 6.84. The number of nitrogen functional groups attached to an aromatic ring is 1. The van der Waals surface area contributed by atoms with Gasteiger partial charge in [-0.05, 0) is 24.3 Å². The Kier molecular flexibility index (Phi) is 2.72. The zero-order chi connectivity index (χ0) is 9.90. The Morgan fingerprint density at radius 1 is 1.23 bits per heavy atom. The van der Waals surface area contributed by atoms with Crippen molar-refractivity contribution >= 4 is 11.4 Å². The molecule has 0 aromatic heterocycles. The van der Waals surface area contributed by atoms with Gasteiger partial charge in [0.2, 0.25) is 5.91 Å². The third kappa shape index (κ3) is 3.75. The fourth-order valence-electron chi connectivity index (χ4n) is 0.757. The van der Waals surface area contributed by atoms with Crippen LogP contribution >= 0.6 is 0 Å². The van der Waals surface area contributed by atoms with Crippen LogP contribution in [0.2, 0.25) is 0 Å². The number of hydrogen-bond donors (Lipinski definition) is 5. The van der Waals surface area contributed by atoms with E-state index in [0.29, 0.717) is 11.4 Å². The molecule has 1 aromatic rings. The lowest BCUT2D eigenvalue weighted by atomic mass is 10.3. The van der Waals surface area contributed by atoms with Crippen LogP contribution in [-0.4, -0.2) is 16.1 Å². The van der Waals surface area contributed by atoms with Crippen LogP contribution in [0, 0.1) is 0 Å². The topological polar surface area (TPSA) is 90.5 Å². The number of nitrogens with two attached hydrogens (primary N) is 1. The van der Waals surface area contributed by atoms with Crippen molar-refractivity contribution in [1.29, 1.82) is 0 Å². The molecule has 5 heteroatoms. The number of aliphatic hydroxyl groups is 2. The Morgan fingerprint density at radius 3 is 2.23 bits per heavy atom. The van der Waals surface area contributed by atoms with Gasteiger partial charge in [0.15, 0.2) is 0 Å². The van der Waals surface area contributed by atoms with Gasteiger partial charge in [0.05, 0.1) is 0 Å². The summed E-state index contributed by atoms with van der Waals surface area (Å²) in [5.74, 6) is -1.94. The average Bonchev–Trinajstić information content (AvgIpc) is 2.02. The maximum absolute atomic E-state index is 8.89. The van der Waals surface area contributed by atoms with Crippen LogP contribution in [0.5, 0.6) is 0 Å². The first-order valence-corrected chi connectivity index (χ1v) is 3.81. The van der Waals surface area contributed by atoms with E-state index in [9.17, 15) is 0 Å². The van der Waals surface area contributed by atoms with Crippen molar-refractivity contribution in [3.63, 3.8) is 0 Å². The first-order valence-electron chi connectivity index (χ1n) is 3.81. The number of hydrazine groups is 1. The summed E-state index contributed by atoms with van der Waals surface area (Å²) < 4.78 is 0. The zero-order valence-corrected chi connectivity index (χ0v) is 7.28. The van der Waals surface area contributed by atoms with E-state index in [-0.39, 0.29) is 0 Å². The van der Waals surface area contributed by atoms with Gasteiger partial charge in [0, 0.05) is 18.3 Å². The number of anilines is 2. The molecule has 0 atom stereocenters. The molecule has 0 aliphatic carbocycles. The molecular formula is C8H13N3O2. The fraction of sp³-hybridized carbons (Fsp3) is 0.250. The summed E-state index contributed by atoms with van der Waals surface area (Å²) in [6.45, 7) is 1.21. The van der Waals surface area contributed by atoms with E-state index in [1.54, 1.807) is 24.3 Å². The molecule has 0 bridgehead atoms. The SMILES string of the molecule is CC(O)(O)NNc1ccc(N)cc1. The molecule has 1 rings (SSSR count). The molecular weight excluding hydrogens is 170 g/mol. The lowest BCUT2D eigenvalue weighted by Crippen LogP contribution is -2.45. The number of nitrogens with one attached hydrogen (secondary N) is 2. The van der Waals surface area contributed by atoms with E-state index in [1.165, 1.54) is 6.92 Å². The highest BCUT2D eigenvalue weighted by molar-refractivity contribution is 5.50. The van der Waals surface area contributed by atoms with Crippen LogP contribution in [0.15, 0.2) is 24.3 Å². The minimum absolute atomic E-state index is 0.654. The molecule has 0 aliphatic rings. The van der Waals surface area contributed by atoms with Crippen molar-refractivity contribution in [1.82, 2.24) is 5.43 Å². The molecule has 0 radical (unpaired) electrons. The van der Waals surface area contributed by atoms with Gasteiger partial charge >= 0.3 is 0 Å². The molecule has 0 unspecified atom stereocenters. The van der Waals surface area contributed by atoms with Crippen LogP contribution in [0.4, 0.5) is 11.4 Å². The van der Waals surface area contributed by atoms with Crippen LogP contribution < -0.4 is 16.6 Å². The monoisotopic (exact) mass is 183 g/mol. The maximum atomic E-state index is 8.89. The van der Waals surface area contributed by atoms with Gasteiger partial charge in [0.25, 0.3) is 0 Å². The highest BCUT2D eigenvalue weighted by Gasteiger charge is 2.12. The summed E-state index contributed by atoms with van der Waals surface area (Å²) >= 11 is 0. The summed E-state index contributed by atoms with van der Waals surface area (Å²) in [5.41, 5.74) is 11.7. The molecule has 0 spiro atoms. The Labute approximate surface area is 76.2 Å². The van der Waals surface area contributed by atoms with Crippen molar-refractivity contribution in [3.8, 4) is 0 Å². The molecule has 0 amide bonds. The molecule has 5 nitrogen and oxygen atoms in total. The van der Waals surface area contributed by atoms with Crippen molar-refractivity contribution in [3.05, 3.63) is 24.3 Å². The third-order valence-corrected chi connectivity index (χ3v) is 1.35. The van der Waals surface area contributed by atoms with Gasteiger partial charge in [-0.25, -0.2) is 0 Å². The summed E-state index contributed by atoms with van der Waals surface area (Å²) in [5, 5.41) is 17.8. The maximum Gasteiger partial charge on any atom is 0.236 e. The predicted molar refractivity (Wildman–Crippen MR) is 50.5 cm³/mol. The molecule has 0 saturated heterocycles. The summed E-state index contributed by atoms with van der Waals surface area (Å²) in [7, 11) is 0. The second-order valence-corrected chi connectivity index (χ2v) is 2.89. The van der Waals surface area contributed by atoms with Crippen LogP contribution in [0.1, 0.15) is 6.92 Å². The minimum atomic E-state index is -1.94. The quantitative estimate of drug-likeness (QED) is 0.255. The Balaban J connectivity index is 2.51. The van der Waals surface area contributed by atoms with Gasteiger partial charge in [-0.3, -0.25) is 0 Å². The number of benzene rings is 1. The molecule has 1 aromatic carbocycles. The van der Waals surface area contributed by atoms with Crippen molar-refractivity contribution in [2.24, 2.45) is 0 Å². The molecule has 0 aliphatic heterocycles. The van der Waals surface area contributed by atoms with Gasteiger partial charge < -0.3 is 21.4 Å². The lowest BCUT2D eigenvalue weighted by Gasteiger charge is -2.18. The van der Waals surface area contributed by atoms with Crippen LogP contribution in [0.3, 0.4) is 0 Å². The largest absolute Gasteiger partial charge is 0.399 e. The highest BCUT2D eigenvalue weighted by Crippen LogP contribution is 2.09. The summed E-state index contributed by atoms with van der Waals surface area (Å²) in [4.78, 5) is 0. The van der Waals surface area contributed by atoms with E-state index < -0.39 is 5.91 Å². The van der Waals surface area contributed by atoms with E-state index in [4.69, 9.17) is 15.9 Å². The molecule has 0 heterocycles. The standard InChI is InChI=1S/C8H13N3O2/c1-8(12,13)11-10-7-4-2-6(9)3-5-7/h2-5,10-13H,9H2,1H3. The van der Waals surface area contributed by atoms with Crippen molar-refractivity contribution in [2.75, 3.05) is 11.2 Å². The second kappa shape index (κ2) is 3.61. The first kappa shape index (κ1) is 9.79. The molecule has 6 N–H and O–H groups in total. The fourth-order valence-corrected chi connectivity index (χ4v) is 0.757. The normalized spacial score (nSPS) is 11.3. The molecule has 72 valence electrons. The Bertz CT molecular complexity index is 266. The lowest BCUT2D eigenvalue weighted by molar-refractivity contribution is -0.164. The highest BCUT2D eigenvalue weighted by atomic mass is 16.5. The average molecular weight is 183 g/mol. The van der Waals surface area contributed by atoms with Gasteiger partial charge in [0.1, 0.15) is 0 Å². The van der Waals surface area contributed by atoms with Crippen molar-refractivity contribution < 1.29 is 10.2 Å². The van der Waals surface area contributed by atoms with E-state index in [1.807, 2.05) is 0 Å². The molecule has 0 fully saturated rings. The Hall–Kier alpha value is -1.30. The molecule has 13 heavy (non-hydrogen) atoms. The van der Waals surface area contributed by atoms with E-state index >= 15 is 0 Å².